The van der Waals surface area contributed by atoms with Gasteiger partial charge in [-0.2, -0.15) is 0 Å². The first kappa shape index (κ1) is 19.4. The van der Waals surface area contributed by atoms with E-state index in [0.29, 0.717) is 18.1 Å². The van der Waals surface area contributed by atoms with Crippen LogP contribution in [0, 0.1) is 0 Å². The molecule has 1 aromatic heterocycles. The zero-order chi connectivity index (χ0) is 20.9. The Hall–Kier alpha value is -3.94. The number of hydrogen-bond acceptors (Lipinski definition) is 7. The van der Waals surface area contributed by atoms with Gasteiger partial charge in [0.25, 0.3) is 5.91 Å². The van der Waals surface area contributed by atoms with E-state index in [2.05, 4.69) is 25.6 Å². The number of aliphatic imine (C=N–C) groups is 1. The van der Waals surface area contributed by atoms with Crippen molar-refractivity contribution in [2.24, 2.45) is 4.99 Å². The summed E-state index contributed by atoms with van der Waals surface area (Å²) >= 11 is 0. The van der Waals surface area contributed by atoms with Crippen LogP contribution in [0.1, 0.15) is 0 Å². The lowest BCUT2D eigenvalue weighted by atomic mass is 10.1. The minimum absolute atomic E-state index is 0.117. The van der Waals surface area contributed by atoms with Gasteiger partial charge in [-0.3, -0.25) is 9.79 Å². The van der Waals surface area contributed by atoms with Crippen LogP contribution >= 0.6 is 0 Å². The standard InChI is InChI=1S/C22H22N6O2/c1-28-12-19(25-14-28)22(29)27-16-9-7-15(8-10-16)26-21-11-18(23-13-24-21)17-5-3-4-6-20(17)30-2/h3-11,13-14,19H,12H2,1-2H3,(H,27,29)(H,23,24,26). The van der Waals surface area contributed by atoms with Gasteiger partial charge in [0.2, 0.25) is 0 Å². The molecule has 1 atom stereocenters. The van der Waals surface area contributed by atoms with E-state index in [4.69, 9.17) is 4.74 Å². The van der Waals surface area contributed by atoms with Crippen molar-refractivity contribution in [2.45, 2.75) is 6.04 Å². The van der Waals surface area contributed by atoms with Gasteiger partial charge in [0.05, 0.1) is 19.1 Å². The lowest BCUT2D eigenvalue weighted by Gasteiger charge is -2.12. The Morgan fingerprint density at radius 1 is 1.10 bits per heavy atom. The molecule has 1 amide bonds. The number of likely N-dealkylation sites (N-methyl/N-ethyl adjacent to an activating group) is 1. The van der Waals surface area contributed by atoms with Gasteiger partial charge in [-0.15, -0.1) is 0 Å². The van der Waals surface area contributed by atoms with Crippen LogP contribution in [0.3, 0.4) is 0 Å². The van der Waals surface area contributed by atoms with Crippen molar-refractivity contribution in [3.63, 3.8) is 0 Å². The van der Waals surface area contributed by atoms with Crippen molar-refractivity contribution < 1.29 is 9.53 Å². The second kappa shape index (κ2) is 8.60. The molecule has 3 aromatic rings. The Balaban J connectivity index is 1.44. The van der Waals surface area contributed by atoms with Gasteiger partial charge in [0.15, 0.2) is 0 Å². The third-order valence-corrected chi connectivity index (χ3v) is 4.68. The molecule has 8 nitrogen and oxygen atoms in total. The summed E-state index contributed by atoms with van der Waals surface area (Å²) in [6.07, 6.45) is 3.19. The van der Waals surface area contributed by atoms with E-state index >= 15 is 0 Å². The maximum atomic E-state index is 12.3. The van der Waals surface area contributed by atoms with E-state index in [1.807, 2.05) is 66.5 Å². The Labute approximate surface area is 174 Å². The van der Waals surface area contributed by atoms with E-state index in [0.717, 1.165) is 22.7 Å². The number of carbonyl (C=O) groups is 1. The summed E-state index contributed by atoms with van der Waals surface area (Å²) in [7, 11) is 3.53. The molecule has 2 N–H and O–H groups in total. The summed E-state index contributed by atoms with van der Waals surface area (Å²) in [6.45, 7) is 0.591. The highest BCUT2D eigenvalue weighted by Crippen LogP contribution is 2.29. The predicted molar refractivity (Wildman–Crippen MR) is 117 cm³/mol. The van der Waals surface area contributed by atoms with E-state index in [9.17, 15) is 4.79 Å². The molecule has 0 radical (unpaired) electrons. The van der Waals surface area contributed by atoms with Crippen LogP contribution in [0.25, 0.3) is 11.3 Å². The number of carbonyl (C=O) groups excluding carboxylic acids is 1. The van der Waals surface area contributed by atoms with Crippen molar-refractivity contribution in [3.8, 4) is 17.0 Å². The van der Waals surface area contributed by atoms with E-state index in [1.165, 1.54) is 6.33 Å². The molecule has 2 aromatic carbocycles. The SMILES string of the molecule is COc1ccccc1-c1cc(Nc2ccc(NC(=O)C3CN(C)C=N3)cc2)ncn1. The summed E-state index contributed by atoms with van der Waals surface area (Å²) < 4.78 is 5.42. The van der Waals surface area contributed by atoms with Crippen molar-refractivity contribution in [3.05, 3.63) is 60.9 Å². The second-order valence-electron chi connectivity index (χ2n) is 6.90. The quantitative estimate of drug-likeness (QED) is 0.658. The zero-order valence-corrected chi connectivity index (χ0v) is 16.7. The van der Waals surface area contributed by atoms with Crippen LogP contribution < -0.4 is 15.4 Å². The Morgan fingerprint density at radius 3 is 2.60 bits per heavy atom. The highest BCUT2D eigenvalue weighted by atomic mass is 16.5. The fraction of sp³-hybridized carbons (Fsp3) is 0.182. The Kier molecular flexibility index (Phi) is 5.56. The molecular formula is C22H22N6O2. The number of methoxy groups -OCH3 is 1. The van der Waals surface area contributed by atoms with Gasteiger partial charge in [-0.05, 0) is 36.4 Å². The number of benzene rings is 2. The largest absolute Gasteiger partial charge is 0.496 e. The molecule has 8 heteroatoms. The molecule has 0 bridgehead atoms. The number of para-hydroxylation sites is 1. The van der Waals surface area contributed by atoms with Crippen LogP contribution in [0.15, 0.2) is 65.9 Å². The Bertz CT molecular complexity index is 1070. The molecule has 2 heterocycles. The fourth-order valence-corrected chi connectivity index (χ4v) is 3.15. The van der Waals surface area contributed by atoms with Crippen LogP contribution in [0.5, 0.6) is 5.75 Å². The zero-order valence-electron chi connectivity index (χ0n) is 16.7. The predicted octanol–water partition coefficient (Wildman–Crippen LogP) is 3.18. The third kappa shape index (κ3) is 4.38. The first-order valence-electron chi connectivity index (χ1n) is 9.49. The van der Waals surface area contributed by atoms with Gasteiger partial charge < -0.3 is 20.3 Å². The minimum Gasteiger partial charge on any atom is -0.496 e. The molecule has 1 unspecified atom stereocenters. The average molecular weight is 402 g/mol. The van der Waals surface area contributed by atoms with Crippen molar-refractivity contribution in [1.82, 2.24) is 14.9 Å². The van der Waals surface area contributed by atoms with Crippen molar-refractivity contribution in [1.29, 1.82) is 0 Å². The second-order valence-corrected chi connectivity index (χ2v) is 6.90. The van der Waals surface area contributed by atoms with Crippen LogP contribution in [0.2, 0.25) is 0 Å². The molecule has 30 heavy (non-hydrogen) atoms. The fourth-order valence-electron chi connectivity index (χ4n) is 3.15. The van der Waals surface area contributed by atoms with Crippen LogP contribution in [0.4, 0.5) is 17.2 Å². The molecule has 0 spiro atoms. The van der Waals surface area contributed by atoms with E-state index in [1.54, 1.807) is 13.4 Å². The minimum atomic E-state index is -0.373. The normalized spacial score (nSPS) is 15.1. The van der Waals surface area contributed by atoms with E-state index in [-0.39, 0.29) is 11.9 Å². The maximum Gasteiger partial charge on any atom is 0.251 e. The summed E-state index contributed by atoms with van der Waals surface area (Å²) in [6, 6.07) is 16.6. The van der Waals surface area contributed by atoms with Gasteiger partial charge in [-0.25, -0.2) is 9.97 Å². The van der Waals surface area contributed by atoms with Crippen LogP contribution in [-0.2, 0) is 4.79 Å². The summed E-state index contributed by atoms with van der Waals surface area (Å²) in [5.74, 6) is 1.29. The first-order chi connectivity index (χ1) is 14.6. The number of nitrogens with zero attached hydrogens (tertiary/aromatic N) is 4. The molecule has 0 fully saturated rings. The van der Waals surface area contributed by atoms with Crippen LogP contribution in [-0.4, -0.2) is 53.9 Å². The van der Waals surface area contributed by atoms with Gasteiger partial charge in [-0.1, -0.05) is 12.1 Å². The monoisotopic (exact) mass is 402 g/mol. The first-order valence-corrected chi connectivity index (χ1v) is 9.49. The van der Waals surface area contributed by atoms with Gasteiger partial charge >= 0.3 is 0 Å². The molecule has 0 saturated carbocycles. The number of amides is 1. The summed E-state index contributed by atoms with van der Waals surface area (Å²) in [5, 5.41) is 6.15. The summed E-state index contributed by atoms with van der Waals surface area (Å²) in [5.41, 5.74) is 3.21. The smallest absolute Gasteiger partial charge is 0.251 e. The molecule has 0 saturated heterocycles. The number of nitrogens with one attached hydrogen (secondary N) is 2. The molecular weight excluding hydrogens is 380 g/mol. The maximum absolute atomic E-state index is 12.3. The molecule has 0 aliphatic carbocycles. The third-order valence-electron chi connectivity index (χ3n) is 4.68. The highest BCUT2D eigenvalue weighted by molar-refractivity contribution is 5.96. The Morgan fingerprint density at radius 2 is 1.87 bits per heavy atom. The molecule has 152 valence electrons. The molecule has 4 rings (SSSR count). The van der Waals surface area contributed by atoms with Gasteiger partial charge in [0.1, 0.15) is 23.9 Å². The lowest BCUT2D eigenvalue weighted by Crippen LogP contribution is -2.30. The molecule has 1 aliphatic rings. The highest BCUT2D eigenvalue weighted by Gasteiger charge is 2.22. The topological polar surface area (TPSA) is 91.7 Å². The lowest BCUT2D eigenvalue weighted by molar-refractivity contribution is -0.117. The number of rotatable bonds is 6. The van der Waals surface area contributed by atoms with E-state index < -0.39 is 0 Å². The number of aromatic nitrogens is 2. The average Bonchev–Trinajstić information content (AvgIpc) is 3.22. The molecule has 1 aliphatic heterocycles. The number of ether oxygens (including phenoxy) is 1. The van der Waals surface area contributed by atoms with Crippen molar-refractivity contribution in [2.75, 3.05) is 31.3 Å². The number of anilines is 3. The summed E-state index contributed by atoms with van der Waals surface area (Å²) in [4.78, 5) is 27.0. The number of hydrogen-bond donors (Lipinski definition) is 2. The van der Waals surface area contributed by atoms with Crippen molar-refractivity contribution >= 4 is 29.4 Å². The van der Waals surface area contributed by atoms with Gasteiger partial charge in [0, 0.05) is 36.6 Å².